The first-order valence-electron chi connectivity index (χ1n) is 6.73. The molecule has 1 atom stereocenters. The van der Waals surface area contributed by atoms with E-state index in [9.17, 15) is 9.18 Å². The number of furan rings is 1. The Morgan fingerprint density at radius 3 is 2.86 bits per heavy atom. The molecule has 0 fully saturated rings. The maximum atomic E-state index is 13.2. The zero-order valence-electron chi connectivity index (χ0n) is 12.1. The lowest BCUT2D eigenvalue weighted by Gasteiger charge is -2.10. The monoisotopic (exact) mass is 314 g/mol. The summed E-state index contributed by atoms with van der Waals surface area (Å²) in [5, 5.41) is 3.48. The van der Waals surface area contributed by atoms with Gasteiger partial charge in [0.2, 0.25) is 5.91 Å². The second kappa shape index (κ2) is 7.43. The SMILES string of the molecule is CCCC(N)C(=O)NCc1oc2ccc(F)cc2c1C.Cl. The third-order valence-electron chi connectivity index (χ3n) is 3.36. The molecular formula is C15H20ClFN2O2. The van der Waals surface area contributed by atoms with Crippen LogP contribution in [0.3, 0.4) is 0 Å². The zero-order chi connectivity index (χ0) is 14.7. The van der Waals surface area contributed by atoms with Gasteiger partial charge in [0.05, 0.1) is 12.6 Å². The van der Waals surface area contributed by atoms with Crippen LogP contribution in [0.4, 0.5) is 4.39 Å². The average molecular weight is 315 g/mol. The number of halogens is 2. The Kier molecular flexibility index (Phi) is 6.18. The summed E-state index contributed by atoms with van der Waals surface area (Å²) in [6.07, 6.45) is 1.51. The van der Waals surface area contributed by atoms with E-state index >= 15 is 0 Å². The number of hydrogen-bond donors (Lipinski definition) is 2. The van der Waals surface area contributed by atoms with E-state index in [0.717, 1.165) is 17.4 Å². The topological polar surface area (TPSA) is 68.3 Å². The third kappa shape index (κ3) is 3.95. The van der Waals surface area contributed by atoms with E-state index < -0.39 is 6.04 Å². The molecule has 0 radical (unpaired) electrons. The molecule has 0 saturated heterocycles. The van der Waals surface area contributed by atoms with Gasteiger partial charge in [-0.2, -0.15) is 0 Å². The van der Waals surface area contributed by atoms with Crippen LogP contribution in [-0.4, -0.2) is 11.9 Å². The second-order valence-electron chi connectivity index (χ2n) is 4.90. The number of carbonyl (C=O) groups excluding carboxylic acids is 1. The second-order valence-corrected chi connectivity index (χ2v) is 4.90. The summed E-state index contributed by atoms with van der Waals surface area (Å²) in [5.41, 5.74) is 7.19. The van der Waals surface area contributed by atoms with Gasteiger partial charge in [-0.15, -0.1) is 12.4 Å². The Balaban J connectivity index is 0.00000220. The van der Waals surface area contributed by atoms with Crippen molar-refractivity contribution in [2.45, 2.75) is 39.3 Å². The van der Waals surface area contributed by atoms with Crippen molar-refractivity contribution in [1.29, 1.82) is 0 Å². The molecule has 116 valence electrons. The van der Waals surface area contributed by atoms with Crippen molar-refractivity contribution >= 4 is 29.3 Å². The molecule has 2 aromatic rings. The highest BCUT2D eigenvalue weighted by molar-refractivity contribution is 5.85. The van der Waals surface area contributed by atoms with Crippen LogP contribution in [-0.2, 0) is 11.3 Å². The van der Waals surface area contributed by atoms with E-state index in [2.05, 4.69) is 5.32 Å². The molecule has 1 unspecified atom stereocenters. The number of benzene rings is 1. The number of rotatable bonds is 5. The standard InChI is InChI=1S/C15H19FN2O2.ClH/c1-3-4-12(17)15(19)18-8-14-9(2)11-7-10(16)5-6-13(11)20-14;/h5-7,12H,3-4,8,17H2,1-2H3,(H,18,19);1H. The summed E-state index contributed by atoms with van der Waals surface area (Å²) in [4.78, 5) is 11.7. The summed E-state index contributed by atoms with van der Waals surface area (Å²) in [6.45, 7) is 4.09. The Bertz CT molecular complexity index is 627. The molecule has 4 nitrogen and oxygen atoms in total. The minimum Gasteiger partial charge on any atom is -0.459 e. The van der Waals surface area contributed by atoms with Crippen LogP contribution in [0, 0.1) is 12.7 Å². The van der Waals surface area contributed by atoms with Crippen molar-refractivity contribution in [2.24, 2.45) is 5.73 Å². The Morgan fingerprint density at radius 1 is 1.48 bits per heavy atom. The van der Waals surface area contributed by atoms with Gasteiger partial charge in [0.15, 0.2) is 0 Å². The van der Waals surface area contributed by atoms with Gasteiger partial charge in [0.1, 0.15) is 17.2 Å². The number of fused-ring (bicyclic) bond motifs is 1. The Hall–Kier alpha value is -1.59. The van der Waals surface area contributed by atoms with Crippen LogP contribution >= 0.6 is 12.4 Å². The van der Waals surface area contributed by atoms with Gasteiger partial charge < -0.3 is 15.5 Å². The minimum atomic E-state index is -0.498. The number of nitrogens with one attached hydrogen (secondary N) is 1. The predicted octanol–water partition coefficient (Wildman–Crippen LogP) is 3.05. The highest BCUT2D eigenvalue weighted by Crippen LogP contribution is 2.25. The van der Waals surface area contributed by atoms with Gasteiger partial charge in [-0.05, 0) is 31.5 Å². The molecule has 3 N–H and O–H groups in total. The number of aryl methyl sites for hydroxylation is 1. The van der Waals surface area contributed by atoms with E-state index in [1.165, 1.54) is 12.1 Å². The first-order valence-corrected chi connectivity index (χ1v) is 6.73. The Labute approximate surface area is 129 Å². The smallest absolute Gasteiger partial charge is 0.237 e. The first-order chi connectivity index (χ1) is 9.52. The Morgan fingerprint density at radius 2 is 2.19 bits per heavy atom. The summed E-state index contributed by atoms with van der Waals surface area (Å²) in [7, 11) is 0. The molecule has 2 rings (SSSR count). The number of nitrogens with two attached hydrogens (primary N) is 1. The van der Waals surface area contributed by atoms with E-state index in [1.54, 1.807) is 6.07 Å². The van der Waals surface area contributed by atoms with Gasteiger partial charge in [-0.3, -0.25) is 4.79 Å². The number of hydrogen-bond acceptors (Lipinski definition) is 3. The first kappa shape index (κ1) is 17.5. The fraction of sp³-hybridized carbons (Fsp3) is 0.400. The molecular weight excluding hydrogens is 295 g/mol. The van der Waals surface area contributed by atoms with E-state index in [4.69, 9.17) is 10.2 Å². The molecule has 1 aromatic carbocycles. The summed E-state index contributed by atoms with van der Waals surface area (Å²) < 4.78 is 18.8. The normalized spacial score (nSPS) is 12.0. The molecule has 0 spiro atoms. The van der Waals surface area contributed by atoms with Gasteiger partial charge in [0.25, 0.3) is 0 Å². The molecule has 0 bridgehead atoms. The average Bonchev–Trinajstić information content (AvgIpc) is 2.73. The van der Waals surface area contributed by atoms with Gasteiger partial charge >= 0.3 is 0 Å². The highest BCUT2D eigenvalue weighted by Gasteiger charge is 2.15. The van der Waals surface area contributed by atoms with Gasteiger partial charge in [-0.25, -0.2) is 4.39 Å². The molecule has 1 heterocycles. The van der Waals surface area contributed by atoms with Crippen LogP contribution in [0.15, 0.2) is 22.6 Å². The molecule has 21 heavy (non-hydrogen) atoms. The lowest BCUT2D eigenvalue weighted by Crippen LogP contribution is -2.40. The fourth-order valence-corrected chi connectivity index (χ4v) is 2.15. The van der Waals surface area contributed by atoms with Crippen molar-refractivity contribution in [3.63, 3.8) is 0 Å². The summed E-state index contributed by atoms with van der Waals surface area (Å²) >= 11 is 0. The maximum absolute atomic E-state index is 13.2. The maximum Gasteiger partial charge on any atom is 0.237 e. The molecule has 1 aromatic heterocycles. The van der Waals surface area contributed by atoms with Crippen molar-refractivity contribution in [1.82, 2.24) is 5.32 Å². The summed E-state index contributed by atoms with van der Waals surface area (Å²) in [6, 6.07) is 3.88. The van der Waals surface area contributed by atoms with Crippen LogP contribution in [0.1, 0.15) is 31.1 Å². The fourth-order valence-electron chi connectivity index (χ4n) is 2.15. The van der Waals surface area contributed by atoms with Gasteiger partial charge in [-0.1, -0.05) is 13.3 Å². The highest BCUT2D eigenvalue weighted by atomic mass is 35.5. The summed E-state index contributed by atoms with van der Waals surface area (Å²) in [5.74, 6) is 0.127. The lowest BCUT2D eigenvalue weighted by atomic mass is 10.1. The van der Waals surface area contributed by atoms with Crippen LogP contribution in [0.5, 0.6) is 0 Å². The number of amides is 1. The zero-order valence-corrected chi connectivity index (χ0v) is 12.9. The number of carbonyl (C=O) groups is 1. The predicted molar refractivity (Wildman–Crippen MR) is 82.9 cm³/mol. The quantitative estimate of drug-likeness (QED) is 0.891. The molecule has 0 aliphatic rings. The molecule has 1 amide bonds. The largest absolute Gasteiger partial charge is 0.459 e. The van der Waals surface area contributed by atoms with E-state index in [0.29, 0.717) is 17.8 Å². The van der Waals surface area contributed by atoms with Crippen molar-refractivity contribution < 1.29 is 13.6 Å². The van der Waals surface area contributed by atoms with Crippen LogP contribution in [0.25, 0.3) is 11.0 Å². The molecule has 6 heteroatoms. The molecule has 0 aliphatic heterocycles. The van der Waals surface area contributed by atoms with Gasteiger partial charge in [0, 0.05) is 10.9 Å². The van der Waals surface area contributed by atoms with Crippen LogP contribution < -0.4 is 11.1 Å². The molecule has 0 aliphatic carbocycles. The van der Waals surface area contributed by atoms with E-state index in [1.807, 2.05) is 13.8 Å². The molecule has 0 saturated carbocycles. The van der Waals surface area contributed by atoms with Crippen molar-refractivity contribution in [2.75, 3.05) is 0 Å². The van der Waals surface area contributed by atoms with Crippen molar-refractivity contribution in [3.8, 4) is 0 Å². The third-order valence-corrected chi connectivity index (χ3v) is 3.36. The van der Waals surface area contributed by atoms with Crippen LogP contribution in [0.2, 0.25) is 0 Å². The van der Waals surface area contributed by atoms with Crippen molar-refractivity contribution in [3.05, 3.63) is 35.3 Å². The minimum absolute atomic E-state index is 0. The lowest BCUT2D eigenvalue weighted by molar-refractivity contribution is -0.122. The van der Waals surface area contributed by atoms with E-state index in [-0.39, 0.29) is 30.7 Å².